The molecule has 0 aliphatic rings. The van der Waals surface area contributed by atoms with Crippen LogP contribution < -0.4 is 5.56 Å². The molecule has 1 heterocycles. The van der Waals surface area contributed by atoms with Crippen molar-refractivity contribution in [1.82, 2.24) is 4.57 Å². The Morgan fingerprint density at radius 3 is 2.68 bits per heavy atom. The van der Waals surface area contributed by atoms with E-state index in [2.05, 4.69) is 0 Å². The Labute approximate surface area is 116 Å². The predicted octanol–water partition coefficient (Wildman–Crippen LogP) is 2.82. The zero-order valence-electron chi connectivity index (χ0n) is 10.7. The van der Waals surface area contributed by atoms with Gasteiger partial charge in [-0.15, -0.1) is 11.8 Å². The van der Waals surface area contributed by atoms with Gasteiger partial charge >= 0.3 is 0 Å². The minimum absolute atomic E-state index is 0.198. The standard InChI is InChI=1S/C15H14N2OS/c1-12-7-8-17(15(18)14(12)11-16)9-10-19-13-5-3-2-4-6-13/h2-8H,9-10H2,1H3. The molecule has 0 saturated carbocycles. The molecule has 2 rings (SSSR count). The van der Waals surface area contributed by atoms with E-state index in [-0.39, 0.29) is 11.1 Å². The van der Waals surface area contributed by atoms with Crippen molar-refractivity contribution in [2.75, 3.05) is 5.75 Å². The number of hydrogen-bond donors (Lipinski definition) is 0. The van der Waals surface area contributed by atoms with Gasteiger partial charge in [0.1, 0.15) is 11.6 Å². The van der Waals surface area contributed by atoms with Gasteiger partial charge in [0, 0.05) is 23.4 Å². The van der Waals surface area contributed by atoms with Crippen molar-refractivity contribution in [3.05, 3.63) is 64.1 Å². The number of pyridine rings is 1. The molecule has 0 spiro atoms. The summed E-state index contributed by atoms with van der Waals surface area (Å²) in [7, 11) is 0. The van der Waals surface area contributed by atoms with E-state index in [0.717, 1.165) is 11.3 Å². The van der Waals surface area contributed by atoms with Crippen LogP contribution >= 0.6 is 11.8 Å². The van der Waals surface area contributed by atoms with E-state index in [4.69, 9.17) is 5.26 Å². The number of hydrogen-bond acceptors (Lipinski definition) is 3. The van der Waals surface area contributed by atoms with Gasteiger partial charge in [0.2, 0.25) is 0 Å². The maximum Gasteiger partial charge on any atom is 0.268 e. The van der Waals surface area contributed by atoms with Crippen LogP contribution in [0.15, 0.2) is 52.3 Å². The monoisotopic (exact) mass is 270 g/mol. The van der Waals surface area contributed by atoms with Gasteiger partial charge < -0.3 is 4.57 Å². The highest BCUT2D eigenvalue weighted by Gasteiger charge is 2.06. The number of thioether (sulfide) groups is 1. The molecule has 0 aliphatic carbocycles. The van der Waals surface area contributed by atoms with Gasteiger partial charge in [-0.1, -0.05) is 18.2 Å². The van der Waals surface area contributed by atoms with Gasteiger partial charge in [0.05, 0.1) is 0 Å². The molecule has 2 aromatic rings. The number of aryl methyl sites for hydroxylation is 2. The molecule has 0 amide bonds. The second kappa shape index (κ2) is 6.26. The molecule has 0 fully saturated rings. The molecule has 0 atom stereocenters. The van der Waals surface area contributed by atoms with E-state index < -0.39 is 0 Å². The van der Waals surface area contributed by atoms with Gasteiger partial charge in [-0.05, 0) is 30.7 Å². The number of aromatic nitrogens is 1. The Kier molecular flexibility index (Phi) is 4.43. The summed E-state index contributed by atoms with van der Waals surface area (Å²) in [5, 5.41) is 8.96. The van der Waals surface area contributed by atoms with Crippen molar-refractivity contribution >= 4 is 11.8 Å². The minimum atomic E-state index is -0.198. The lowest BCUT2D eigenvalue weighted by Crippen LogP contribution is -2.23. The molecule has 4 heteroatoms. The van der Waals surface area contributed by atoms with Gasteiger partial charge in [0.25, 0.3) is 5.56 Å². The van der Waals surface area contributed by atoms with E-state index in [0.29, 0.717) is 6.54 Å². The van der Waals surface area contributed by atoms with Crippen molar-refractivity contribution in [2.45, 2.75) is 18.4 Å². The van der Waals surface area contributed by atoms with Crippen LogP contribution in [0.3, 0.4) is 0 Å². The summed E-state index contributed by atoms with van der Waals surface area (Å²) in [5.74, 6) is 0.803. The summed E-state index contributed by atoms with van der Waals surface area (Å²) >= 11 is 1.70. The number of benzene rings is 1. The second-order valence-electron chi connectivity index (χ2n) is 4.15. The van der Waals surface area contributed by atoms with Crippen LogP contribution in [0, 0.1) is 18.3 Å². The summed E-state index contributed by atoms with van der Waals surface area (Å²) in [6.07, 6.45) is 1.75. The Bertz CT molecular complexity index is 656. The molecule has 0 N–H and O–H groups in total. The third kappa shape index (κ3) is 3.27. The van der Waals surface area contributed by atoms with E-state index in [9.17, 15) is 4.79 Å². The molecular weight excluding hydrogens is 256 g/mol. The van der Waals surface area contributed by atoms with Crippen LogP contribution in [0.4, 0.5) is 0 Å². The lowest BCUT2D eigenvalue weighted by Gasteiger charge is -2.07. The zero-order valence-corrected chi connectivity index (χ0v) is 11.5. The highest BCUT2D eigenvalue weighted by Crippen LogP contribution is 2.16. The Morgan fingerprint density at radius 1 is 1.26 bits per heavy atom. The summed E-state index contributed by atoms with van der Waals surface area (Å²) in [4.78, 5) is 13.2. The van der Waals surface area contributed by atoms with Crippen LogP contribution in [0.5, 0.6) is 0 Å². The van der Waals surface area contributed by atoms with Crippen molar-refractivity contribution in [3.63, 3.8) is 0 Å². The number of nitrogens with zero attached hydrogens (tertiary/aromatic N) is 2. The number of nitriles is 1. The van der Waals surface area contributed by atoms with E-state index in [1.54, 1.807) is 29.4 Å². The Morgan fingerprint density at radius 2 is 2.00 bits per heavy atom. The topological polar surface area (TPSA) is 45.8 Å². The highest BCUT2D eigenvalue weighted by atomic mass is 32.2. The molecule has 0 saturated heterocycles. The molecule has 96 valence electrons. The van der Waals surface area contributed by atoms with Crippen LogP contribution in [-0.4, -0.2) is 10.3 Å². The van der Waals surface area contributed by atoms with Gasteiger partial charge in [-0.25, -0.2) is 0 Å². The lowest BCUT2D eigenvalue weighted by atomic mass is 10.2. The molecule has 0 bridgehead atoms. The van der Waals surface area contributed by atoms with E-state index in [1.807, 2.05) is 42.5 Å². The average molecular weight is 270 g/mol. The molecule has 1 aromatic carbocycles. The van der Waals surface area contributed by atoms with E-state index >= 15 is 0 Å². The minimum Gasteiger partial charge on any atom is -0.314 e. The van der Waals surface area contributed by atoms with Crippen molar-refractivity contribution in [2.24, 2.45) is 0 Å². The summed E-state index contributed by atoms with van der Waals surface area (Å²) in [5.41, 5.74) is 0.780. The van der Waals surface area contributed by atoms with Crippen molar-refractivity contribution in [3.8, 4) is 6.07 Å². The summed E-state index contributed by atoms with van der Waals surface area (Å²) in [6.45, 7) is 2.39. The average Bonchev–Trinajstić information content (AvgIpc) is 2.43. The smallest absolute Gasteiger partial charge is 0.268 e. The molecule has 19 heavy (non-hydrogen) atoms. The Balaban J connectivity index is 2.05. The summed E-state index contributed by atoms with van der Waals surface area (Å²) in [6, 6.07) is 13.8. The highest BCUT2D eigenvalue weighted by molar-refractivity contribution is 7.99. The molecule has 0 radical (unpaired) electrons. The number of rotatable bonds is 4. The van der Waals surface area contributed by atoms with Crippen molar-refractivity contribution < 1.29 is 0 Å². The van der Waals surface area contributed by atoms with Crippen LogP contribution in [-0.2, 0) is 6.54 Å². The third-order valence-corrected chi connectivity index (χ3v) is 3.82. The summed E-state index contributed by atoms with van der Waals surface area (Å²) < 4.78 is 1.60. The SMILES string of the molecule is Cc1ccn(CCSc2ccccc2)c(=O)c1C#N. The van der Waals surface area contributed by atoms with Crippen LogP contribution in [0.25, 0.3) is 0 Å². The first-order valence-corrected chi connectivity index (χ1v) is 6.99. The lowest BCUT2D eigenvalue weighted by molar-refractivity contribution is 0.730. The van der Waals surface area contributed by atoms with Gasteiger partial charge in [0.15, 0.2) is 0 Å². The zero-order chi connectivity index (χ0) is 13.7. The first-order chi connectivity index (χ1) is 9.22. The fraction of sp³-hybridized carbons (Fsp3) is 0.200. The maximum absolute atomic E-state index is 12.0. The molecule has 0 unspecified atom stereocenters. The first-order valence-electron chi connectivity index (χ1n) is 6.00. The Hall–Kier alpha value is -1.99. The molecule has 3 nitrogen and oxygen atoms in total. The predicted molar refractivity (Wildman–Crippen MR) is 77.3 cm³/mol. The second-order valence-corrected chi connectivity index (χ2v) is 5.31. The molecule has 1 aromatic heterocycles. The fourth-order valence-corrected chi connectivity index (χ4v) is 2.63. The van der Waals surface area contributed by atoms with Crippen LogP contribution in [0.1, 0.15) is 11.1 Å². The largest absolute Gasteiger partial charge is 0.314 e. The van der Waals surface area contributed by atoms with Gasteiger partial charge in [-0.2, -0.15) is 5.26 Å². The molecular formula is C15H14N2OS. The van der Waals surface area contributed by atoms with Gasteiger partial charge in [-0.3, -0.25) is 4.79 Å². The van der Waals surface area contributed by atoms with E-state index in [1.165, 1.54) is 4.90 Å². The maximum atomic E-state index is 12.0. The van der Waals surface area contributed by atoms with Crippen molar-refractivity contribution in [1.29, 1.82) is 5.26 Å². The normalized spacial score (nSPS) is 10.1. The fourth-order valence-electron chi connectivity index (χ4n) is 1.76. The van der Waals surface area contributed by atoms with Crippen LogP contribution in [0.2, 0.25) is 0 Å². The first kappa shape index (κ1) is 13.4. The molecule has 0 aliphatic heterocycles. The quantitative estimate of drug-likeness (QED) is 0.803. The third-order valence-electron chi connectivity index (χ3n) is 2.83.